The molecule has 2 aromatic carbocycles. The lowest BCUT2D eigenvalue weighted by molar-refractivity contribution is -0.120. The van der Waals surface area contributed by atoms with Gasteiger partial charge in [0.05, 0.1) is 4.90 Å². The lowest BCUT2D eigenvalue weighted by Crippen LogP contribution is -2.29. The molecule has 2 atom stereocenters. The summed E-state index contributed by atoms with van der Waals surface area (Å²) >= 11 is 0. The number of sulfonamides is 1. The minimum Gasteiger partial charge on any atom is -0.330 e. The fraction of sp³-hybridized carbons (Fsp3) is 0.316. The van der Waals surface area contributed by atoms with Gasteiger partial charge in [-0.05, 0) is 55.6 Å². The molecule has 0 aromatic heterocycles. The molecule has 2 aromatic rings. The first-order valence-electron chi connectivity index (χ1n) is 8.68. The number of hydrogen-bond donors (Lipinski definition) is 3. The Bertz CT molecular complexity index is 869. The highest BCUT2D eigenvalue weighted by molar-refractivity contribution is 7.92. The third-order valence-electron chi connectivity index (χ3n) is 4.74. The molecule has 1 fully saturated rings. The van der Waals surface area contributed by atoms with Crippen molar-refractivity contribution in [2.24, 2.45) is 17.6 Å². The van der Waals surface area contributed by atoms with E-state index in [1.165, 1.54) is 12.1 Å². The van der Waals surface area contributed by atoms with Gasteiger partial charge in [-0.25, -0.2) is 8.42 Å². The van der Waals surface area contributed by atoms with Crippen LogP contribution in [0, 0.1) is 11.8 Å². The summed E-state index contributed by atoms with van der Waals surface area (Å²) < 4.78 is 27.6. The number of carbonyl (C=O) groups is 1. The molecular weight excluding hydrogens is 350 g/mol. The van der Waals surface area contributed by atoms with Crippen molar-refractivity contribution in [1.29, 1.82) is 0 Å². The standard InChI is InChI=1S/C19H23N3O3S/c20-13-14-6-4-11-18(14)19(23)21-16-9-5-10-17(12-16)26(24,25)22-15-7-2-1-3-8-15/h1-3,5,7-10,12,14,18,22H,4,6,11,13,20H2,(H,21,23)/t14-,18-/m1/s1. The van der Waals surface area contributed by atoms with Crippen LogP contribution < -0.4 is 15.8 Å². The van der Waals surface area contributed by atoms with E-state index in [1.807, 2.05) is 6.07 Å². The number of hydrogen-bond acceptors (Lipinski definition) is 4. The molecule has 0 saturated heterocycles. The SMILES string of the molecule is NC[C@H]1CCC[C@H]1C(=O)Nc1cccc(S(=O)(=O)Nc2ccccc2)c1. The quantitative estimate of drug-likeness (QED) is 0.725. The van der Waals surface area contributed by atoms with Crippen molar-refractivity contribution in [1.82, 2.24) is 0 Å². The average Bonchev–Trinajstić information content (AvgIpc) is 3.11. The summed E-state index contributed by atoms with van der Waals surface area (Å²) in [5, 5.41) is 2.84. The first-order valence-corrected chi connectivity index (χ1v) is 10.2. The van der Waals surface area contributed by atoms with Crippen LogP contribution in [0.25, 0.3) is 0 Å². The molecule has 0 bridgehead atoms. The second-order valence-corrected chi connectivity index (χ2v) is 8.20. The van der Waals surface area contributed by atoms with Crippen LogP contribution in [-0.4, -0.2) is 20.9 Å². The molecule has 1 aliphatic carbocycles. The van der Waals surface area contributed by atoms with Crippen LogP contribution in [0.5, 0.6) is 0 Å². The maximum atomic E-state index is 12.6. The maximum absolute atomic E-state index is 12.6. The second kappa shape index (κ2) is 7.88. The molecule has 0 heterocycles. The summed E-state index contributed by atoms with van der Waals surface area (Å²) in [7, 11) is -3.73. The normalized spacial score (nSPS) is 19.9. The lowest BCUT2D eigenvalue weighted by atomic mass is 9.95. The highest BCUT2D eigenvalue weighted by Crippen LogP contribution is 2.32. The molecule has 1 aliphatic rings. The zero-order valence-corrected chi connectivity index (χ0v) is 15.2. The van der Waals surface area contributed by atoms with E-state index in [9.17, 15) is 13.2 Å². The Morgan fingerprint density at radius 1 is 1.04 bits per heavy atom. The van der Waals surface area contributed by atoms with Crippen LogP contribution in [0.2, 0.25) is 0 Å². The molecule has 4 N–H and O–H groups in total. The van der Waals surface area contributed by atoms with Gasteiger partial charge in [-0.2, -0.15) is 0 Å². The number of benzene rings is 2. The molecule has 138 valence electrons. The average molecular weight is 373 g/mol. The first kappa shape index (κ1) is 18.4. The third-order valence-corrected chi connectivity index (χ3v) is 6.12. The van der Waals surface area contributed by atoms with Crippen LogP contribution in [0.1, 0.15) is 19.3 Å². The second-order valence-electron chi connectivity index (χ2n) is 6.52. The van der Waals surface area contributed by atoms with Gasteiger partial charge in [0.2, 0.25) is 5.91 Å². The summed E-state index contributed by atoms with van der Waals surface area (Å²) in [6.07, 6.45) is 2.78. The molecule has 1 amide bonds. The van der Waals surface area contributed by atoms with Gasteiger partial charge in [-0.1, -0.05) is 30.7 Å². The monoisotopic (exact) mass is 373 g/mol. The van der Waals surface area contributed by atoms with Crippen molar-refractivity contribution in [3.63, 3.8) is 0 Å². The van der Waals surface area contributed by atoms with Crippen molar-refractivity contribution < 1.29 is 13.2 Å². The molecule has 3 rings (SSSR count). The highest BCUT2D eigenvalue weighted by Gasteiger charge is 2.32. The fourth-order valence-electron chi connectivity index (χ4n) is 3.36. The zero-order chi connectivity index (χ0) is 18.6. The number of rotatable bonds is 6. The van der Waals surface area contributed by atoms with Crippen molar-refractivity contribution in [2.75, 3.05) is 16.6 Å². The summed E-state index contributed by atoms with van der Waals surface area (Å²) in [5.74, 6) is -0.00659. The van der Waals surface area contributed by atoms with E-state index >= 15 is 0 Å². The molecule has 6 nitrogen and oxygen atoms in total. The summed E-state index contributed by atoms with van der Waals surface area (Å²) in [5.41, 5.74) is 6.69. The van der Waals surface area contributed by atoms with Gasteiger partial charge < -0.3 is 11.1 Å². The van der Waals surface area contributed by atoms with Crippen molar-refractivity contribution in [2.45, 2.75) is 24.2 Å². The van der Waals surface area contributed by atoms with Gasteiger partial charge in [0.15, 0.2) is 0 Å². The highest BCUT2D eigenvalue weighted by atomic mass is 32.2. The summed E-state index contributed by atoms with van der Waals surface area (Å²) in [6, 6.07) is 14.9. The van der Waals surface area contributed by atoms with Crippen LogP contribution in [-0.2, 0) is 14.8 Å². The largest absolute Gasteiger partial charge is 0.330 e. The number of anilines is 2. The number of nitrogens with one attached hydrogen (secondary N) is 2. The van der Waals surface area contributed by atoms with Gasteiger partial charge in [-0.15, -0.1) is 0 Å². The minimum absolute atomic E-state index is 0.0940. The number of para-hydroxylation sites is 1. The molecule has 0 unspecified atom stereocenters. The van der Waals surface area contributed by atoms with Crippen molar-refractivity contribution >= 4 is 27.3 Å². The van der Waals surface area contributed by atoms with Gasteiger partial charge in [0, 0.05) is 17.3 Å². The van der Waals surface area contributed by atoms with E-state index in [4.69, 9.17) is 5.73 Å². The topological polar surface area (TPSA) is 101 Å². The van der Waals surface area contributed by atoms with Crippen LogP contribution in [0.15, 0.2) is 59.5 Å². The van der Waals surface area contributed by atoms with Gasteiger partial charge in [-0.3, -0.25) is 9.52 Å². The predicted octanol–water partition coefficient (Wildman–Crippen LogP) is 2.80. The molecular formula is C19H23N3O3S. The van der Waals surface area contributed by atoms with Crippen LogP contribution >= 0.6 is 0 Å². The predicted molar refractivity (Wildman–Crippen MR) is 102 cm³/mol. The third kappa shape index (κ3) is 4.23. The molecule has 0 spiro atoms. The minimum atomic E-state index is -3.73. The van der Waals surface area contributed by atoms with E-state index in [0.29, 0.717) is 17.9 Å². The van der Waals surface area contributed by atoms with Crippen molar-refractivity contribution in [3.05, 3.63) is 54.6 Å². The van der Waals surface area contributed by atoms with E-state index in [0.717, 1.165) is 19.3 Å². The Labute approximate surface area is 153 Å². The summed E-state index contributed by atoms with van der Waals surface area (Å²) in [6.45, 7) is 0.494. The number of nitrogens with two attached hydrogens (primary N) is 1. The van der Waals surface area contributed by atoms with Crippen molar-refractivity contribution in [3.8, 4) is 0 Å². The molecule has 7 heteroatoms. The van der Waals surface area contributed by atoms with Crippen LogP contribution in [0.4, 0.5) is 11.4 Å². The molecule has 1 saturated carbocycles. The molecule has 0 radical (unpaired) electrons. The zero-order valence-electron chi connectivity index (χ0n) is 14.4. The first-order chi connectivity index (χ1) is 12.5. The van der Waals surface area contributed by atoms with E-state index in [2.05, 4.69) is 10.0 Å². The van der Waals surface area contributed by atoms with E-state index in [1.54, 1.807) is 36.4 Å². The van der Waals surface area contributed by atoms with E-state index < -0.39 is 10.0 Å². The number of amides is 1. The molecule has 26 heavy (non-hydrogen) atoms. The Morgan fingerprint density at radius 2 is 1.77 bits per heavy atom. The Balaban J connectivity index is 1.74. The van der Waals surface area contributed by atoms with E-state index in [-0.39, 0.29) is 22.6 Å². The summed E-state index contributed by atoms with van der Waals surface area (Å²) in [4.78, 5) is 12.6. The fourth-order valence-corrected chi connectivity index (χ4v) is 4.46. The maximum Gasteiger partial charge on any atom is 0.261 e. The lowest BCUT2D eigenvalue weighted by Gasteiger charge is -2.17. The number of carbonyl (C=O) groups excluding carboxylic acids is 1. The smallest absolute Gasteiger partial charge is 0.261 e. The van der Waals surface area contributed by atoms with Gasteiger partial charge in [0.25, 0.3) is 10.0 Å². The Hall–Kier alpha value is -2.38. The van der Waals surface area contributed by atoms with Gasteiger partial charge in [0.1, 0.15) is 0 Å². The Morgan fingerprint density at radius 3 is 2.50 bits per heavy atom. The molecule has 0 aliphatic heterocycles. The van der Waals surface area contributed by atoms with Crippen LogP contribution in [0.3, 0.4) is 0 Å². The Kier molecular flexibility index (Phi) is 5.58. The van der Waals surface area contributed by atoms with Gasteiger partial charge >= 0.3 is 0 Å².